The third-order valence-electron chi connectivity index (χ3n) is 3.23. The third-order valence-corrected chi connectivity index (χ3v) is 4.20. The van der Waals surface area contributed by atoms with E-state index in [1.165, 1.54) is 6.07 Å². The van der Waals surface area contributed by atoms with E-state index in [4.69, 9.17) is 0 Å². The molecular formula is C13H14BrNO3S. The highest BCUT2D eigenvalue weighted by Crippen LogP contribution is 2.33. The van der Waals surface area contributed by atoms with Gasteiger partial charge in [0.2, 0.25) is 5.91 Å². The van der Waals surface area contributed by atoms with Crippen LogP contribution in [0.1, 0.15) is 22.3 Å². The number of aromatic carboxylic acids is 1. The lowest BCUT2D eigenvalue weighted by molar-refractivity contribution is -0.117. The van der Waals surface area contributed by atoms with E-state index in [2.05, 4.69) is 28.6 Å². The summed E-state index contributed by atoms with van der Waals surface area (Å²) < 4.78 is 0.698. The highest BCUT2D eigenvalue weighted by atomic mass is 79.9. The predicted molar refractivity (Wildman–Crippen MR) is 80.2 cm³/mol. The second kappa shape index (κ2) is 5.54. The molecular weight excluding hydrogens is 330 g/mol. The van der Waals surface area contributed by atoms with Crippen LogP contribution in [-0.2, 0) is 4.79 Å². The summed E-state index contributed by atoms with van der Waals surface area (Å²) in [6, 6.07) is 3.36. The topological polar surface area (TPSA) is 57.6 Å². The Morgan fingerprint density at radius 3 is 2.79 bits per heavy atom. The van der Waals surface area contributed by atoms with Gasteiger partial charge < -0.3 is 10.0 Å². The number of amides is 1. The lowest BCUT2D eigenvalue weighted by Gasteiger charge is -2.21. The van der Waals surface area contributed by atoms with Crippen LogP contribution in [0.4, 0.5) is 5.69 Å². The highest BCUT2D eigenvalue weighted by Gasteiger charge is 2.33. The number of benzene rings is 1. The first kappa shape index (κ1) is 14.4. The second-order valence-corrected chi connectivity index (χ2v) is 5.96. The summed E-state index contributed by atoms with van der Waals surface area (Å²) >= 11 is 7.50. The number of hydrogen-bond acceptors (Lipinski definition) is 3. The zero-order chi connectivity index (χ0) is 14.2. The number of aryl methyl sites for hydroxylation is 1. The summed E-state index contributed by atoms with van der Waals surface area (Å²) in [5.74, 6) is -0.255. The van der Waals surface area contributed by atoms with Crippen LogP contribution in [0.2, 0.25) is 0 Å². The summed E-state index contributed by atoms with van der Waals surface area (Å²) in [6.45, 7) is 2.35. The number of nitrogens with zero attached hydrogens (tertiary/aromatic N) is 1. The number of halogens is 1. The lowest BCUT2D eigenvalue weighted by atomic mass is 10.1. The minimum absolute atomic E-state index is 0.0352. The van der Waals surface area contributed by atoms with Crippen molar-refractivity contribution in [2.24, 2.45) is 5.92 Å². The minimum atomic E-state index is -1.03. The van der Waals surface area contributed by atoms with Crippen molar-refractivity contribution in [1.82, 2.24) is 0 Å². The molecule has 0 spiro atoms. The molecule has 1 fully saturated rings. The molecule has 1 amide bonds. The van der Waals surface area contributed by atoms with E-state index in [9.17, 15) is 14.7 Å². The van der Waals surface area contributed by atoms with Gasteiger partial charge in [0.25, 0.3) is 0 Å². The molecule has 4 nitrogen and oxygen atoms in total. The first-order valence-electron chi connectivity index (χ1n) is 5.88. The van der Waals surface area contributed by atoms with Gasteiger partial charge in [-0.3, -0.25) is 4.79 Å². The fourth-order valence-electron chi connectivity index (χ4n) is 2.38. The van der Waals surface area contributed by atoms with Crippen molar-refractivity contribution in [2.75, 3.05) is 17.2 Å². The Morgan fingerprint density at radius 2 is 2.26 bits per heavy atom. The van der Waals surface area contributed by atoms with Crippen LogP contribution in [0.15, 0.2) is 16.6 Å². The number of carboxylic acid groups (broad SMARTS) is 1. The van der Waals surface area contributed by atoms with Crippen molar-refractivity contribution in [2.45, 2.75) is 13.3 Å². The minimum Gasteiger partial charge on any atom is -0.478 e. The van der Waals surface area contributed by atoms with Gasteiger partial charge in [0.1, 0.15) is 0 Å². The molecule has 0 bridgehead atoms. The van der Waals surface area contributed by atoms with Crippen LogP contribution < -0.4 is 4.90 Å². The first-order valence-corrected chi connectivity index (χ1v) is 7.31. The van der Waals surface area contributed by atoms with Crippen LogP contribution in [0.25, 0.3) is 0 Å². The van der Waals surface area contributed by atoms with Gasteiger partial charge in [-0.2, -0.15) is 12.6 Å². The molecule has 1 aliphatic heterocycles. The molecule has 1 aliphatic rings. The Kier molecular flexibility index (Phi) is 4.20. The molecule has 0 saturated carbocycles. The van der Waals surface area contributed by atoms with E-state index in [0.717, 1.165) is 5.56 Å². The molecule has 19 heavy (non-hydrogen) atoms. The molecule has 102 valence electrons. The largest absolute Gasteiger partial charge is 0.478 e. The van der Waals surface area contributed by atoms with Crippen LogP contribution in [0.5, 0.6) is 0 Å². The van der Waals surface area contributed by atoms with Gasteiger partial charge in [-0.15, -0.1) is 0 Å². The van der Waals surface area contributed by atoms with Crippen LogP contribution in [0, 0.1) is 12.8 Å². The fourth-order valence-corrected chi connectivity index (χ4v) is 3.19. The van der Waals surface area contributed by atoms with Gasteiger partial charge in [0.15, 0.2) is 0 Å². The van der Waals surface area contributed by atoms with Gasteiger partial charge in [0.05, 0.1) is 11.3 Å². The normalized spacial score (nSPS) is 19.0. The Hall–Kier alpha value is -1.01. The number of hydrogen-bond donors (Lipinski definition) is 2. The molecule has 1 heterocycles. The Bertz CT molecular complexity index is 547. The number of carbonyl (C=O) groups excluding carboxylic acids is 1. The molecule has 0 aromatic heterocycles. The Balaban J connectivity index is 2.50. The zero-order valence-corrected chi connectivity index (χ0v) is 12.9. The zero-order valence-electron chi connectivity index (χ0n) is 10.4. The van der Waals surface area contributed by atoms with Gasteiger partial charge in [-0.1, -0.05) is 15.9 Å². The van der Waals surface area contributed by atoms with Gasteiger partial charge in [-0.05, 0) is 36.3 Å². The lowest BCUT2D eigenvalue weighted by Crippen LogP contribution is -2.27. The van der Waals surface area contributed by atoms with Crippen LogP contribution >= 0.6 is 28.6 Å². The summed E-state index contributed by atoms with van der Waals surface area (Å²) in [7, 11) is 0. The average Bonchev–Trinajstić information content (AvgIpc) is 2.69. The predicted octanol–water partition coefficient (Wildman–Crippen LogP) is 2.74. The number of carbonyl (C=O) groups is 2. The molecule has 0 radical (unpaired) electrons. The van der Waals surface area contributed by atoms with Gasteiger partial charge >= 0.3 is 5.97 Å². The first-order chi connectivity index (χ1) is 8.93. The van der Waals surface area contributed by atoms with Crippen molar-refractivity contribution >= 4 is 46.1 Å². The quantitative estimate of drug-likeness (QED) is 0.829. The SMILES string of the molecule is Cc1cc(Br)cc(C(=O)O)c1N1CC(CS)CC1=O. The fraction of sp³-hybridized carbons (Fsp3) is 0.385. The maximum atomic E-state index is 12.0. The summed E-state index contributed by atoms with van der Waals surface area (Å²) in [5, 5.41) is 9.31. The van der Waals surface area contributed by atoms with Crippen molar-refractivity contribution < 1.29 is 14.7 Å². The molecule has 1 unspecified atom stereocenters. The monoisotopic (exact) mass is 343 g/mol. The maximum absolute atomic E-state index is 12.0. The molecule has 1 aromatic carbocycles. The van der Waals surface area contributed by atoms with Crippen molar-refractivity contribution in [3.8, 4) is 0 Å². The summed E-state index contributed by atoms with van der Waals surface area (Å²) in [6.07, 6.45) is 0.429. The number of rotatable bonds is 3. The van der Waals surface area contributed by atoms with E-state index in [1.54, 1.807) is 4.90 Å². The maximum Gasteiger partial charge on any atom is 0.337 e. The molecule has 2 rings (SSSR count). The van der Waals surface area contributed by atoms with E-state index in [0.29, 0.717) is 28.9 Å². The van der Waals surface area contributed by atoms with Gasteiger partial charge in [0, 0.05) is 17.4 Å². The third kappa shape index (κ3) is 2.79. The number of thiol groups is 1. The summed E-state index contributed by atoms with van der Waals surface area (Å²) in [5.41, 5.74) is 1.44. The van der Waals surface area contributed by atoms with E-state index >= 15 is 0 Å². The van der Waals surface area contributed by atoms with Crippen molar-refractivity contribution in [3.05, 3.63) is 27.7 Å². The average molecular weight is 344 g/mol. The standard InChI is InChI=1S/C13H14BrNO3S/c1-7-2-9(14)4-10(13(17)18)12(7)15-5-8(6-19)3-11(15)16/h2,4,8,19H,3,5-6H2,1H3,(H,17,18). The smallest absolute Gasteiger partial charge is 0.337 e. The van der Waals surface area contributed by atoms with E-state index < -0.39 is 5.97 Å². The molecule has 6 heteroatoms. The molecule has 1 atom stereocenters. The summed E-state index contributed by atoms with van der Waals surface area (Å²) in [4.78, 5) is 25.0. The van der Waals surface area contributed by atoms with Crippen LogP contribution in [-0.4, -0.2) is 29.3 Å². The Morgan fingerprint density at radius 1 is 1.58 bits per heavy atom. The molecule has 1 N–H and O–H groups in total. The van der Waals surface area contributed by atoms with E-state index in [-0.39, 0.29) is 17.4 Å². The van der Waals surface area contributed by atoms with Crippen molar-refractivity contribution in [3.63, 3.8) is 0 Å². The highest BCUT2D eigenvalue weighted by molar-refractivity contribution is 9.10. The van der Waals surface area contributed by atoms with E-state index in [1.807, 2.05) is 13.0 Å². The van der Waals surface area contributed by atoms with Crippen LogP contribution in [0.3, 0.4) is 0 Å². The molecule has 1 saturated heterocycles. The van der Waals surface area contributed by atoms with Gasteiger partial charge in [-0.25, -0.2) is 4.79 Å². The Labute approximate surface area is 125 Å². The second-order valence-electron chi connectivity index (χ2n) is 4.68. The molecule has 1 aromatic rings. The molecule has 0 aliphatic carbocycles. The number of carboxylic acids is 1. The number of anilines is 1. The van der Waals surface area contributed by atoms with Crippen molar-refractivity contribution in [1.29, 1.82) is 0 Å².